The van der Waals surface area contributed by atoms with Crippen LogP contribution in [0.25, 0.3) is 0 Å². The van der Waals surface area contributed by atoms with E-state index in [9.17, 15) is 4.79 Å². The summed E-state index contributed by atoms with van der Waals surface area (Å²) >= 11 is 0. The smallest absolute Gasteiger partial charge is 0.222 e. The van der Waals surface area contributed by atoms with E-state index in [2.05, 4.69) is 22.8 Å². The molecule has 1 aromatic rings. The van der Waals surface area contributed by atoms with Gasteiger partial charge in [-0.2, -0.15) is 0 Å². The summed E-state index contributed by atoms with van der Waals surface area (Å²) in [5.74, 6) is 3.14. The first kappa shape index (κ1) is 16.6. The van der Waals surface area contributed by atoms with Crippen molar-refractivity contribution in [2.75, 3.05) is 26.2 Å². The fourth-order valence-electron chi connectivity index (χ4n) is 3.93. The summed E-state index contributed by atoms with van der Waals surface area (Å²) in [6.45, 7) is 9.25. The van der Waals surface area contributed by atoms with Crippen LogP contribution in [0.2, 0.25) is 0 Å². The Labute approximate surface area is 139 Å². The Morgan fingerprint density at radius 1 is 1.22 bits per heavy atom. The molecule has 1 aromatic heterocycles. The van der Waals surface area contributed by atoms with E-state index in [1.807, 2.05) is 6.92 Å². The Morgan fingerprint density at radius 2 is 2.00 bits per heavy atom. The Balaban J connectivity index is 1.45. The zero-order chi connectivity index (χ0) is 16.2. The average molecular weight is 318 g/mol. The van der Waals surface area contributed by atoms with Gasteiger partial charge in [-0.15, -0.1) is 0 Å². The number of piperidine rings is 1. The molecule has 0 aromatic carbocycles. The highest BCUT2D eigenvalue weighted by molar-refractivity contribution is 5.76. The summed E-state index contributed by atoms with van der Waals surface area (Å²) < 4.78 is 5.82. The van der Waals surface area contributed by atoms with Crippen molar-refractivity contribution >= 4 is 5.91 Å². The quantitative estimate of drug-likeness (QED) is 0.833. The van der Waals surface area contributed by atoms with Crippen LogP contribution in [0.15, 0.2) is 10.5 Å². The Kier molecular flexibility index (Phi) is 5.42. The molecule has 1 amide bonds. The summed E-state index contributed by atoms with van der Waals surface area (Å²) in [7, 11) is 0. The first-order valence-electron chi connectivity index (χ1n) is 9.18. The molecule has 23 heavy (non-hydrogen) atoms. The highest BCUT2D eigenvalue weighted by Gasteiger charge is 2.23. The number of aryl methyl sites for hydroxylation is 2. The fourth-order valence-corrected chi connectivity index (χ4v) is 3.93. The van der Waals surface area contributed by atoms with Crippen LogP contribution in [0, 0.1) is 19.8 Å². The Morgan fingerprint density at radius 3 is 2.70 bits per heavy atom. The molecule has 128 valence electrons. The highest BCUT2D eigenvalue weighted by Crippen LogP contribution is 2.24. The molecule has 0 radical (unpaired) electrons. The van der Waals surface area contributed by atoms with Gasteiger partial charge < -0.3 is 9.32 Å². The number of rotatable bonds is 5. The number of furan rings is 1. The van der Waals surface area contributed by atoms with E-state index in [4.69, 9.17) is 4.42 Å². The second-order valence-corrected chi connectivity index (χ2v) is 7.32. The van der Waals surface area contributed by atoms with E-state index in [0.29, 0.717) is 11.8 Å². The average Bonchev–Trinajstić information content (AvgIpc) is 3.16. The van der Waals surface area contributed by atoms with E-state index >= 15 is 0 Å². The number of carbonyl (C=O) groups excluding carboxylic acids is 1. The standard InChI is InChI=1S/C19H30N2O2/c1-15-12-18(23-16(15)2)14-20-9-5-6-17(13-20)7-8-19(22)21-10-3-4-11-21/h12,17H,3-11,13-14H2,1-2H3. The second-order valence-electron chi connectivity index (χ2n) is 7.32. The lowest BCUT2D eigenvalue weighted by molar-refractivity contribution is -0.130. The summed E-state index contributed by atoms with van der Waals surface area (Å²) in [6, 6.07) is 2.16. The SMILES string of the molecule is Cc1cc(CN2CCCC(CCC(=O)N3CCCC3)C2)oc1C. The van der Waals surface area contributed by atoms with Crippen LogP contribution in [0.1, 0.15) is 55.6 Å². The largest absolute Gasteiger partial charge is 0.465 e. The number of hydrogen-bond acceptors (Lipinski definition) is 3. The molecule has 0 N–H and O–H groups in total. The topological polar surface area (TPSA) is 36.7 Å². The van der Waals surface area contributed by atoms with Gasteiger partial charge in [0.15, 0.2) is 0 Å². The summed E-state index contributed by atoms with van der Waals surface area (Å²) in [6.07, 6.45) is 6.65. The molecular formula is C19H30N2O2. The zero-order valence-electron chi connectivity index (χ0n) is 14.6. The zero-order valence-corrected chi connectivity index (χ0v) is 14.6. The van der Waals surface area contributed by atoms with E-state index in [1.54, 1.807) is 0 Å². The molecule has 4 nitrogen and oxygen atoms in total. The maximum absolute atomic E-state index is 12.2. The first-order valence-corrected chi connectivity index (χ1v) is 9.18. The van der Waals surface area contributed by atoms with E-state index in [-0.39, 0.29) is 0 Å². The van der Waals surface area contributed by atoms with Gasteiger partial charge >= 0.3 is 0 Å². The van der Waals surface area contributed by atoms with Crippen molar-refractivity contribution in [2.24, 2.45) is 5.92 Å². The molecule has 1 atom stereocenters. The van der Waals surface area contributed by atoms with Crippen LogP contribution < -0.4 is 0 Å². The van der Waals surface area contributed by atoms with Crippen molar-refractivity contribution in [3.8, 4) is 0 Å². The third-order valence-corrected chi connectivity index (χ3v) is 5.42. The lowest BCUT2D eigenvalue weighted by Crippen LogP contribution is -2.35. The van der Waals surface area contributed by atoms with Crippen molar-refractivity contribution in [1.29, 1.82) is 0 Å². The van der Waals surface area contributed by atoms with Crippen LogP contribution in [0.4, 0.5) is 0 Å². The van der Waals surface area contributed by atoms with Gasteiger partial charge in [-0.05, 0) is 70.0 Å². The molecule has 2 aliphatic rings. The molecule has 0 saturated carbocycles. The monoisotopic (exact) mass is 318 g/mol. The molecule has 1 unspecified atom stereocenters. The summed E-state index contributed by atoms with van der Waals surface area (Å²) in [5, 5.41) is 0. The van der Waals surface area contributed by atoms with Gasteiger partial charge in [0, 0.05) is 26.1 Å². The van der Waals surface area contributed by atoms with Gasteiger partial charge in [-0.3, -0.25) is 9.69 Å². The maximum Gasteiger partial charge on any atom is 0.222 e. The normalized spacial score (nSPS) is 22.7. The van der Waals surface area contributed by atoms with Crippen LogP contribution in [0.3, 0.4) is 0 Å². The number of nitrogens with zero attached hydrogens (tertiary/aromatic N) is 2. The Hall–Kier alpha value is -1.29. The van der Waals surface area contributed by atoms with Crippen molar-refractivity contribution in [1.82, 2.24) is 9.80 Å². The second kappa shape index (κ2) is 7.52. The molecule has 0 bridgehead atoms. The van der Waals surface area contributed by atoms with Gasteiger partial charge in [-0.1, -0.05) is 0 Å². The van der Waals surface area contributed by atoms with Crippen molar-refractivity contribution < 1.29 is 9.21 Å². The molecule has 0 aliphatic carbocycles. The first-order chi connectivity index (χ1) is 11.1. The molecular weight excluding hydrogens is 288 g/mol. The predicted octanol–water partition coefficient (Wildman–Crippen LogP) is 3.51. The molecule has 0 spiro atoms. The van der Waals surface area contributed by atoms with Crippen LogP contribution >= 0.6 is 0 Å². The van der Waals surface area contributed by atoms with Gasteiger partial charge in [0.05, 0.1) is 6.54 Å². The molecule has 2 saturated heterocycles. The lowest BCUT2D eigenvalue weighted by Gasteiger charge is -2.32. The number of amides is 1. The Bertz CT molecular complexity index is 512. The van der Waals surface area contributed by atoms with Crippen LogP contribution in [-0.2, 0) is 11.3 Å². The lowest BCUT2D eigenvalue weighted by atomic mass is 9.93. The van der Waals surface area contributed by atoms with Crippen LogP contribution in [0.5, 0.6) is 0 Å². The molecule has 3 heterocycles. The number of hydrogen-bond donors (Lipinski definition) is 0. The van der Waals surface area contributed by atoms with Gasteiger partial charge in [0.25, 0.3) is 0 Å². The third kappa shape index (κ3) is 4.37. The van der Waals surface area contributed by atoms with Crippen molar-refractivity contribution in [3.63, 3.8) is 0 Å². The fraction of sp³-hybridized carbons (Fsp3) is 0.737. The third-order valence-electron chi connectivity index (χ3n) is 5.42. The molecule has 2 fully saturated rings. The molecule has 4 heteroatoms. The predicted molar refractivity (Wildman–Crippen MR) is 91.2 cm³/mol. The van der Waals surface area contributed by atoms with Crippen LogP contribution in [-0.4, -0.2) is 41.9 Å². The maximum atomic E-state index is 12.2. The van der Waals surface area contributed by atoms with E-state index in [1.165, 1.54) is 31.2 Å². The molecule has 2 aliphatic heterocycles. The van der Waals surface area contributed by atoms with Crippen molar-refractivity contribution in [3.05, 3.63) is 23.2 Å². The van der Waals surface area contributed by atoms with Gasteiger partial charge in [0.1, 0.15) is 11.5 Å². The van der Waals surface area contributed by atoms with E-state index in [0.717, 1.165) is 57.1 Å². The minimum absolute atomic E-state index is 0.372. The summed E-state index contributed by atoms with van der Waals surface area (Å²) in [4.78, 5) is 16.7. The van der Waals surface area contributed by atoms with E-state index < -0.39 is 0 Å². The minimum atomic E-state index is 0.372. The number of carbonyl (C=O) groups is 1. The number of likely N-dealkylation sites (tertiary alicyclic amines) is 2. The molecule has 3 rings (SSSR count). The van der Waals surface area contributed by atoms with Gasteiger partial charge in [-0.25, -0.2) is 0 Å². The summed E-state index contributed by atoms with van der Waals surface area (Å²) in [5.41, 5.74) is 1.24. The van der Waals surface area contributed by atoms with Crippen molar-refractivity contribution in [2.45, 2.75) is 58.9 Å². The van der Waals surface area contributed by atoms with Gasteiger partial charge in [0.2, 0.25) is 5.91 Å². The highest BCUT2D eigenvalue weighted by atomic mass is 16.3. The minimum Gasteiger partial charge on any atom is -0.465 e.